The second-order valence-electron chi connectivity index (χ2n) is 9.17. The lowest BCUT2D eigenvalue weighted by Gasteiger charge is -2.16. The molecule has 0 saturated carbocycles. The molecule has 1 heterocycles. The summed E-state index contributed by atoms with van der Waals surface area (Å²) >= 11 is -1.64. The molecule has 10 heteroatoms. The number of hydrogen-bond donors (Lipinski definition) is 3. The number of amides is 2. The molecule has 208 valence electrons. The molecular formula is C30H32N4O5S. The Bertz CT molecular complexity index is 1490. The zero-order valence-electron chi connectivity index (χ0n) is 22.8. The first kappa shape index (κ1) is 28.6. The van der Waals surface area contributed by atoms with Crippen molar-refractivity contribution in [3.63, 3.8) is 0 Å². The van der Waals surface area contributed by atoms with Crippen LogP contribution in [0.2, 0.25) is 0 Å². The van der Waals surface area contributed by atoms with E-state index in [0.717, 1.165) is 16.8 Å². The van der Waals surface area contributed by atoms with Crippen molar-refractivity contribution in [2.45, 2.75) is 11.8 Å². The van der Waals surface area contributed by atoms with Crippen LogP contribution in [-0.4, -0.2) is 55.6 Å². The monoisotopic (exact) mass is 560 g/mol. The van der Waals surface area contributed by atoms with Gasteiger partial charge in [0.15, 0.2) is 5.75 Å². The van der Waals surface area contributed by atoms with Gasteiger partial charge in [-0.05, 0) is 60.5 Å². The first-order chi connectivity index (χ1) is 19.3. The number of furan rings is 1. The highest BCUT2D eigenvalue weighted by Crippen LogP contribution is 2.32. The second-order valence-corrected chi connectivity index (χ2v) is 10.4. The maximum absolute atomic E-state index is 13.4. The van der Waals surface area contributed by atoms with Gasteiger partial charge in [-0.3, -0.25) is 9.59 Å². The fourth-order valence-electron chi connectivity index (χ4n) is 4.04. The molecule has 0 aliphatic carbocycles. The van der Waals surface area contributed by atoms with E-state index in [4.69, 9.17) is 9.15 Å². The van der Waals surface area contributed by atoms with E-state index < -0.39 is 11.4 Å². The molecule has 0 bridgehead atoms. The summed E-state index contributed by atoms with van der Waals surface area (Å²) in [5.74, 6) is 0.774. The van der Waals surface area contributed by atoms with Crippen LogP contribution in [0, 0.1) is 6.92 Å². The number of nitrogens with one attached hydrogen (secondary N) is 3. The van der Waals surface area contributed by atoms with Crippen molar-refractivity contribution in [1.29, 1.82) is 0 Å². The van der Waals surface area contributed by atoms with E-state index in [1.807, 2.05) is 48.5 Å². The summed E-state index contributed by atoms with van der Waals surface area (Å²) in [4.78, 5) is 26.6. The van der Waals surface area contributed by atoms with Gasteiger partial charge < -0.3 is 29.2 Å². The average molecular weight is 561 g/mol. The minimum absolute atomic E-state index is 0.0928. The summed E-state index contributed by atoms with van der Waals surface area (Å²) in [5.41, 5.74) is 4.17. The van der Waals surface area contributed by atoms with E-state index in [9.17, 15) is 14.1 Å². The van der Waals surface area contributed by atoms with Crippen molar-refractivity contribution in [1.82, 2.24) is 10.2 Å². The van der Waals surface area contributed by atoms with Crippen LogP contribution in [0.3, 0.4) is 0 Å². The van der Waals surface area contributed by atoms with E-state index in [0.29, 0.717) is 46.3 Å². The number of rotatable bonds is 11. The molecule has 0 aliphatic heterocycles. The molecule has 0 fully saturated rings. The summed E-state index contributed by atoms with van der Waals surface area (Å²) in [7, 11) is 4.95. The van der Waals surface area contributed by atoms with Crippen molar-refractivity contribution < 1.29 is 23.3 Å². The third-order valence-electron chi connectivity index (χ3n) is 6.13. The van der Waals surface area contributed by atoms with E-state index in [-0.39, 0.29) is 11.8 Å². The Morgan fingerprint density at radius 3 is 2.42 bits per heavy atom. The Hall–Kier alpha value is -4.41. The zero-order valence-corrected chi connectivity index (χ0v) is 23.6. The summed E-state index contributed by atoms with van der Waals surface area (Å²) in [5, 5.41) is 6.11. The minimum atomic E-state index is -1.64. The number of nitrogens with zero attached hydrogens (tertiary/aromatic N) is 1. The van der Waals surface area contributed by atoms with Crippen LogP contribution in [0.25, 0.3) is 11.1 Å². The fraction of sp³-hybridized carbons (Fsp3) is 0.200. The van der Waals surface area contributed by atoms with Gasteiger partial charge >= 0.3 is 0 Å². The Labute approximate surface area is 236 Å². The Morgan fingerprint density at radius 1 is 0.950 bits per heavy atom. The van der Waals surface area contributed by atoms with Crippen molar-refractivity contribution >= 4 is 34.6 Å². The summed E-state index contributed by atoms with van der Waals surface area (Å²) < 4.78 is 27.1. The molecule has 9 nitrogen and oxygen atoms in total. The smallest absolute Gasteiger partial charge is 0.254 e. The molecule has 3 N–H and O–H groups in total. The standard InChI is InChI=1S/C30H32N4O5S/c1-20-26(13-16-39-20)29(35)32-15-14-31-24-9-6-10-25(19-24)33-40(37)28-18-22(11-12-27(28)38-4)21-7-5-8-23(17-21)30(36)34(2)3/h5-13,16-19,31,33H,14-15H2,1-4H3,(H,32,35). The van der Waals surface area contributed by atoms with Crippen LogP contribution in [0.4, 0.5) is 11.4 Å². The number of methoxy groups -OCH3 is 1. The highest BCUT2D eigenvalue weighted by Gasteiger charge is 2.20. The lowest BCUT2D eigenvalue weighted by Crippen LogP contribution is -2.28. The van der Waals surface area contributed by atoms with Crippen molar-refractivity contribution in [2.24, 2.45) is 0 Å². The molecular weight excluding hydrogens is 528 g/mol. The van der Waals surface area contributed by atoms with E-state index in [1.165, 1.54) is 18.3 Å². The van der Waals surface area contributed by atoms with Crippen molar-refractivity contribution in [3.8, 4) is 16.9 Å². The molecule has 2 amide bonds. The molecule has 4 aromatic rings. The Balaban J connectivity index is 1.42. The summed E-state index contributed by atoms with van der Waals surface area (Å²) in [6.07, 6.45) is 1.49. The number of aryl methyl sites for hydroxylation is 1. The number of anilines is 2. The molecule has 40 heavy (non-hydrogen) atoms. The normalized spacial score (nSPS) is 11.4. The number of benzene rings is 3. The van der Waals surface area contributed by atoms with Crippen molar-refractivity contribution in [3.05, 3.63) is 95.9 Å². The van der Waals surface area contributed by atoms with Crippen LogP contribution in [0.5, 0.6) is 5.75 Å². The van der Waals surface area contributed by atoms with Gasteiger partial charge in [-0.15, -0.1) is 0 Å². The molecule has 0 aliphatic rings. The van der Waals surface area contributed by atoms with Crippen LogP contribution < -0.4 is 20.1 Å². The van der Waals surface area contributed by atoms with Gasteiger partial charge in [0.1, 0.15) is 17.1 Å². The van der Waals surface area contributed by atoms with Gasteiger partial charge in [0.05, 0.1) is 24.6 Å². The number of carbonyl (C=O) groups excluding carboxylic acids is 2. The van der Waals surface area contributed by atoms with Gasteiger partial charge in [-0.2, -0.15) is 0 Å². The fourth-order valence-corrected chi connectivity index (χ4v) is 5.06. The molecule has 0 radical (unpaired) electrons. The van der Waals surface area contributed by atoms with Gasteiger partial charge in [-0.1, -0.05) is 24.3 Å². The highest BCUT2D eigenvalue weighted by atomic mass is 32.2. The quantitative estimate of drug-likeness (QED) is 0.176. The lowest BCUT2D eigenvalue weighted by atomic mass is 10.0. The number of carbonyl (C=O) groups is 2. The maximum Gasteiger partial charge on any atom is 0.254 e. The Morgan fingerprint density at radius 2 is 1.70 bits per heavy atom. The number of ether oxygens (including phenoxy) is 1. The van der Waals surface area contributed by atoms with Gasteiger partial charge in [0.2, 0.25) is 4.90 Å². The molecule has 0 saturated heterocycles. The van der Waals surface area contributed by atoms with Crippen molar-refractivity contribution in [2.75, 3.05) is 44.3 Å². The third kappa shape index (κ3) is 6.96. The lowest BCUT2D eigenvalue weighted by molar-refractivity contribution is 0.0827. The zero-order chi connectivity index (χ0) is 28.6. The molecule has 1 atom stereocenters. The van der Waals surface area contributed by atoms with Crippen LogP contribution >= 0.6 is 0 Å². The molecule has 1 aromatic heterocycles. The molecule has 0 spiro atoms. The van der Waals surface area contributed by atoms with Gasteiger partial charge in [-0.25, -0.2) is 4.72 Å². The van der Waals surface area contributed by atoms with Gasteiger partial charge in [0.25, 0.3) is 11.8 Å². The highest BCUT2D eigenvalue weighted by molar-refractivity contribution is 7.92. The van der Waals surface area contributed by atoms with Crippen LogP contribution in [-0.2, 0) is 11.4 Å². The predicted octanol–water partition coefficient (Wildman–Crippen LogP) is 4.94. The van der Waals surface area contributed by atoms with Crippen LogP contribution in [0.15, 0.2) is 88.4 Å². The molecule has 4 rings (SSSR count). The molecule has 3 aromatic carbocycles. The summed E-state index contributed by atoms with van der Waals surface area (Å²) in [6, 6.07) is 21.8. The minimum Gasteiger partial charge on any atom is -0.588 e. The van der Waals surface area contributed by atoms with E-state index >= 15 is 0 Å². The second kappa shape index (κ2) is 13.1. The van der Waals surface area contributed by atoms with Gasteiger partial charge in [0, 0.05) is 44.5 Å². The first-order valence-electron chi connectivity index (χ1n) is 12.6. The Kier molecular flexibility index (Phi) is 9.36. The molecule has 1 unspecified atom stereocenters. The summed E-state index contributed by atoms with van der Waals surface area (Å²) in [6.45, 7) is 2.66. The third-order valence-corrected chi connectivity index (χ3v) is 7.27. The predicted molar refractivity (Wildman–Crippen MR) is 157 cm³/mol. The SMILES string of the molecule is COc1ccc(-c2cccc(C(=O)N(C)C)c2)cc1[S+]([O-])Nc1cccc(NCCNC(=O)c2ccoc2C)c1. The number of hydrogen-bond acceptors (Lipinski definition) is 7. The average Bonchev–Trinajstić information content (AvgIpc) is 3.40. The largest absolute Gasteiger partial charge is 0.588 e. The first-order valence-corrected chi connectivity index (χ1v) is 13.8. The van der Waals surface area contributed by atoms with E-state index in [1.54, 1.807) is 45.3 Å². The topological polar surface area (TPSA) is 119 Å². The van der Waals surface area contributed by atoms with Crippen LogP contribution in [0.1, 0.15) is 26.5 Å². The van der Waals surface area contributed by atoms with E-state index in [2.05, 4.69) is 15.4 Å². The maximum atomic E-state index is 13.4.